The molecule has 0 bridgehead atoms. The van der Waals surface area contributed by atoms with Crippen LogP contribution in [0.2, 0.25) is 0 Å². The number of rotatable bonds is 1. The number of nitrogen functional groups attached to an aromatic ring is 1. The van der Waals surface area contributed by atoms with E-state index in [4.69, 9.17) is 10.3 Å². The van der Waals surface area contributed by atoms with Crippen LogP contribution in [0.5, 0.6) is 0 Å². The normalized spacial score (nSPS) is 19.7. The molecule has 12 heavy (non-hydrogen) atoms. The monoisotopic (exact) mass is 168 g/mol. The van der Waals surface area contributed by atoms with Crippen molar-refractivity contribution in [2.75, 3.05) is 18.8 Å². The van der Waals surface area contributed by atoms with Crippen molar-refractivity contribution in [1.82, 2.24) is 15.5 Å². The molecule has 0 radical (unpaired) electrons. The van der Waals surface area contributed by atoms with Gasteiger partial charge in [0.05, 0.1) is 0 Å². The maximum Gasteiger partial charge on any atom is 0.318 e. The molecule has 1 fully saturated rings. The number of nitrogens with two attached hydrogens (primary N) is 1. The lowest BCUT2D eigenvalue weighted by Crippen LogP contribution is -2.27. The largest absolute Gasteiger partial charge is 0.351 e. The van der Waals surface area contributed by atoms with E-state index in [0.717, 1.165) is 31.8 Å². The number of hydrogen-bond donors (Lipinski definition) is 2. The molecule has 0 aliphatic carbocycles. The van der Waals surface area contributed by atoms with Gasteiger partial charge >= 0.3 is 6.01 Å². The molecule has 0 saturated carbocycles. The van der Waals surface area contributed by atoms with Gasteiger partial charge in [0, 0.05) is 5.92 Å². The van der Waals surface area contributed by atoms with Crippen molar-refractivity contribution in [2.24, 2.45) is 0 Å². The molecule has 0 atom stereocenters. The van der Waals surface area contributed by atoms with Crippen LogP contribution in [0, 0.1) is 0 Å². The number of piperidine rings is 1. The number of hydrogen-bond acceptors (Lipinski definition) is 5. The Hall–Kier alpha value is -1.10. The van der Waals surface area contributed by atoms with E-state index in [9.17, 15) is 0 Å². The highest BCUT2D eigenvalue weighted by Crippen LogP contribution is 2.22. The van der Waals surface area contributed by atoms with E-state index >= 15 is 0 Å². The topological polar surface area (TPSA) is 77.0 Å². The lowest BCUT2D eigenvalue weighted by atomic mass is 9.98. The molecule has 5 nitrogen and oxygen atoms in total. The second-order valence-corrected chi connectivity index (χ2v) is 3.02. The van der Waals surface area contributed by atoms with Crippen LogP contribution in [-0.2, 0) is 0 Å². The summed E-state index contributed by atoms with van der Waals surface area (Å²) < 4.78 is 4.71. The van der Waals surface area contributed by atoms with Gasteiger partial charge < -0.3 is 15.6 Å². The Balaban J connectivity index is 2.08. The molecular formula is C7H12N4O. The van der Waals surface area contributed by atoms with Gasteiger partial charge in [-0.2, -0.15) is 4.98 Å². The van der Waals surface area contributed by atoms with Gasteiger partial charge in [-0.3, -0.25) is 0 Å². The Kier molecular flexibility index (Phi) is 1.95. The Morgan fingerprint density at radius 2 is 2.17 bits per heavy atom. The van der Waals surface area contributed by atoms with Crippen LogP contribution in [0.4, 0.5) is 6.01 Å². The molecule has 0 unspecified atom stereocenters. The van der Waals surface area contributed by atoms with E-state index in [-0.39, 0.29) is 6.01 Å². The van der Waals surface area contributed by atoms with Gasteiger partial charge in [0.15, 0.2) is 5.82 Å². The van der Waals surface area contributed by atoms with Crippen LogP contribution in [0.3, 0.4) is 0 Å². The zero-order valence-corrected chi connectivity index (χ0v) is 6.79. The van der Waals surface area contributed by atoms with Gasteiger partial charge in [-0.15, -0.1) is 0 Å². The lowest BCUT2D eigenvalue weighted by molar-refractivity contribution is 0.394. The third-order valence-electron chi connectivity index (χ3n) is 2.16. The van der Waals surface area contributed by atoms with Crippen molar-refractivity contribution < 1.29 is 4.52 Å². The summed E-state index contributed by atoms with van der Waals surface area (Å²) in [6.45, 7) is 2.05. The number of aromatic nitrogens is 2. The van der Waals surface area contributed by atoms with Crippen LogP contribution in [0.1, 0.15) is 24.6 Å². The first-order valence-corrected chi connectivity index (χ1v) is 4.16. The maximum atomic E-state index is 5.33. The second kappa shape index (κ2) is 3.10. The van der Waals surface area contributed by atoms with Gasteiger partial charge in [0.1, 0.15) is 0 Å². The highest BCUT2D eigenvalue weighted by atomic mass is 16.5. The summed E-state index contributed by atoms with van der Waals surface area (Å²) >= 11 is 0. The van der Waals surface area contributed by atoms with E-state index in [0.29, 0.717) is 5.92 Å². The van der Waals surface area contributed by atoms with Crippen molar-refractivity contribution in [3.05, 3.63) is 5.82 Å². The third-order valence-corrected chi connectivity index (χ3v) is 2.16. The van der Waals surface area contributed by atoms with Crippen molar-refractivity contribution in [2.45, 2.75) is 18.8 Å². The fourth-order valence-electron chi connectivity index (χ4n) is 1.49. The smallest absolute Gasteiger partial charge is 0.318 e. The second-order valence-electron chi connectivity index (χ2n) is 3.02. The maximum absolute atomic E-state index is 5.33. The molecule has 1 saturated heterocycles. The molecule has 2 rings (SSSR count). The number of nitrogens with zero attached hydrogens (tertiary/aromatic N) is 2. The fourth-order valence-corrected chi connectivity index (χ4v) is 1.49. The first kappa shape index (κ1) is 7.54. The lowest BCUT2D eigenvalue weighted by Gasteiger charge is -2.18. The SMILES string of the molecule is Nc1nc(C2CCNCC2)no1. The minimum Gasteiger partial charge on any atom is -0.351 e. The molecule has 1 aliphatic heterocycles. The van der Waals surface area contributed by atoms with Gasteiger partial charge in [-0.1, -0.05) is 5.16 Å². The molecule has 5 heteroatoms. The molecule has 1 aromatic rings. The zero-order chi connectivity index (χ0) is 8.39. The first-order chi connectivity index (χ1) is 5.86. The van der Waals surface area contributed by atoms with Crippen LogP contribution in [0.15, 0.2) is 4.52 Å². The average molecular weight is 168 g/mol. The van der Waals surface area contributed by atoms with Gasteiger partial charge in [-0.25, -0.2) is 0 Å². The molecule has 0 amide bonds. The molecular weight excluding hydrogens is 156 g/mol. The zero-order valence-electron chi connectivity index (χ0n) is 6.79. The minimum atomic E-state index is 0.170. The van der Waals surface area contributed by atoms with Crippen LogP contribution < -0.4 is 11.1 Å². The van der Waals surface area contributed by atoms with E-state index < -0.39 is 0 Å². The molecule has 1 aliphatic rings. The molecule has 0 aromatic carbocycles. The fraction of sp³-hybridized carbons (Fsp3) is 0.714. The van der Waals surface area contributed by atoms with Gasteiger partial charge in [0.25, 0.3) is 0 Å². The Bertz CT molecular complexity index is 254. The standard InChI is InChI=1S/C7H12N4O/c8-7-10-6(11-12-7)5-1-3-9-4-2-5/h5,9H,1-4H2,(H2,8,10,11). The summed E-state index contributed by atoms with van der Waals surface area (Å²) in [6, 6.07) is 0.170. The molecule has 3 N–H and O–H groups in total. The van der Waals surface area contributed by atoms with E-state index in [1.165, 1.54) is 0 Å². The third kappa shape index (κ3) is 1.40. The summed E-state index contributed by atoms with van der Waals surface area (Å²) in [5, 5.41) is 7.07. The van der Waals surface area contributed by atoms with Gasteiger partial charge in [0.2, 0.25) is 0 Å². The molecule has 1 aromatic heterocycles. The number of nitrogens with one attached hydrogen (secondary N) is 1. The predicted octanol–water partition coefficient (Wildman–Crippen LogP) is 0.119. The van der Waals surface area contributed by atoms with Gasteiger partial charge in [-0.05, 0) is 25.9 Å². The average Bonchev–Trinajstić information content (AvgIpc) is 2.54. The quantitative estimate of drug-likeness (QED) is 0.622. The Morgan fingerprint density at radius 1 is 1.42 bits per heavy atom. The summed E-state index contributed by atoms with van der Waals surface area (Å²) in [4.78, 5) is 4.01. The number of anilines is 1. The van der Waals surface area contributed by atoms with Crippen molar-refractivity contribution >= 4 is 6.01 Å². The van der Waals surface area contributed by atoms with Crippen LogP contribution in [-0.4, -0.2) is 23.2 Å². The van der Waals surface area contributed by atoms with Crippen LogP contribution >= 0.6 is 0 Å². The highest BCUT2D eigenvalue weighted by molar-refractivity contribution is 5.10. The summed E-state index contributed by atoms with van der Waals surface area (Å²) in [5.41, 5.74) is 5.33. The summed E-state index contributed by atoms with van der Waals surface area (Å²) in [5.74, 6) is 1.18. The molecule has 0 spiro atoms. The minimum absolute atomic E-state index is 0.170. The van der Waals surface area contributed by atoms with Crippen molar-refractivity contribution in [3.8, 4) is 0 Å². The van der Waals surface area contributed by atoms with E-state index in [2.05, 4.69) is 15.5 Å². The van der Waals surface area contributed by atoms with E-state index in [1.54, 1.807) is 0 Å². The molecule has 66 valence electrons. The Morgan fingerprint density at radius 3 is 2.75 bits per heavy atom. The summed E-state index contributed by atoms with van der Waals surface area (Å²) in [7, 11) is 0. The first-order valence-electron chi connectivity index (χ1n) is 4.16. The Labute approximate surface area is 70.3 Å². The van der Waals surface area contributed by atoms with Crippen LogP contribution in [0.25, 0.3) is 0 Å². The van der Waals surface area contributed by atoms with Crippen molar-refractivity contribution in [3.63, 3.8) is 0 Å². The van der Waals surface area contributed by atoms with Crippen molar-refractivity contribution in [1.29, 1.82) is 0 Å². The summed E-state index contributed by atoms with van der Waals surface area (Å²) in [6.07, 6.45) is 2.14. The highest BCUT2D eigenvalue weighted by Gasteiger charge is 2.19. The predicted molar refractivity (Wildman–Crippen MR) is 43.6 cm³/mol. The van der Waals surface area contributed by atoms with E-state index in [1.807, 2.05) is 0 Å². The molecule has 2 heterocycles.